The van der Waals surface area contributed by atoms with Gasteiger partial charge in [-0.2, -0.15) is 0 Å². The minimum absolute atomic E-state index is 0.580. The molecule has 1 saturated carbocycles. The molecule has 2 aromatic heterocycles. The molecule has 0 atom stereocenters. The van der Waals surface area contributed by atoms with E-state index in [2.05, 4.69) is 33.1 Å². The van der Waals surface area contributed by atoms with Gasteiger partial charge in [0.1, 0.15) is 5.65 Å². The molecule has 2 heterocycles. The van der Waals surface area contributed by atoms with Gasteiger partial charge in [0.15, 0.2) is 5.96 Å². The van der Waals surface area contributed by atoms with E-state index in [1.807, 2.05) is 24.4 Å². The van der Waals surface area contributed by atoms with Gasteiger partial charge in [0.25, 0.3) is 0 Å². The minimum atomic E-state index is 0.580. The molecule has 5 nitrogen and oxygen atoms in total. The van der Waals surface area contributed by atoms with E-state index in [9.17, 15) is 0 Å². The van der Waals surface area contributed by atoms with E-state index >= 15 is 0 Å². The normalized spacial score (nSPS) is 16.7. The van der Waals surface area contributed by atoms with Crippen LogP contribution < -0.4 is 10.6 Å². The molecule has 3 rings (SSSR count). The van der Waals surface area contributed by atoms with E-state index in [1.54, 1.807) is 0 Å². The first-order valence-corrected chi connectivity index (χ1v) is 8.82. The lowest BCUT2D eigenvalue weighted by Crippen LogP contribution is -2.44. The number of nitrogens with one attached hydrogen (secondary N) is 2. The largest absolute Gasteiger partial charge is 0.357 e. The third-order valence-electron chi connectivity index (χ3n) is 4.34. The van der Waals surface area contributed by atoms with Crippen molar-refractivity contribution >= 4 is 11.6 Å². The van der Waals surface area contributed by atoms with Gasteiger partial charge in [-0.25, -0.2) is 4.98 Å². The maximum atomic E-state index is 4.72. The Morgan fingerprint density at radius 3 is 2.96 bits per heavy atom. The molecule has 0 bridgehead atoms. The highest BCUT2D eigenvalue weighted by atomic mass is 15.2. The fourth-order valence-corrected chi connectivity index (χ4v) is 3.15. The average molecular weight is 313 g/mol. The van der Waals surface area contributed by atoms with E-state index in [4.69, 9.17) is 4.99 Å². The average Bonchev–Trinajstić information content (AvgIpc) is 2.98. The van der Waals surface area contributed by atoms with Crippen molar-refractivity contribution in [2.24, 2.45) is 4.99 Å². The van der Waals surface area contributed by atoms with Gasteiger partial charge in [0.05, 0.1) is 5.69 Å². The SMILES string of the molecule is CCNC(=NCCc1cn2ccccc2n1)NC1CCCCC1. The Morgan fingerprint density at radius 2 is 2.17 bits per heavy atom. The molecule has 1 aliphatic rings. The minimum Gasteiger partial charge on any atom is -0.357 e. The summed E-state index contributed by atoms with van der Waals surface area (Å²) in [6.45, 7) is 3.76. The lowest BCUT2D eigenvalue weighted by Gasteiger charge is -2.24. The monoisotopic (exact) mass is 313 g/mol. The van der Waals surface area contributed by atoms with E-state index in [0.29, 0.717) is 6.04 Å². The highest BCUT2D eigenvalue weighted by Crippen LogP contribution is 2.17. The maximum Gasteiger partial charge on any atom is 0.191 e. The summed E-state index contributed by atoms with van der Waals surface area (Å²) in [5.74, 6) is 0.947. The van der Waals surface area contributed by atoms with Crippen LogP contribution >= 0.6 is 0 Å². The molecule has 5 heteroatoms. The number of guanidine groups is 1. The van der Waals surface area contributed by atoms with Crippen LogP contribution in [0.15, 0.2) is 35.6 Å². The van der Waals surface area contributed by atoms with Crippen molar-refractivity contribution in [1.29, 1.82) is 0 Å². The second kappa shape index (κ2) is 7.99. The second-order valence-electron chi connectivity index (χ2n) is 6.19. The number of hydrogen-bond donors (Lipinski definition) is 2. The first-order valence-electron chi connectivity index (χ1n) is 8.82. The molecule has 0 saturated heterocycles. The summed E-state index contributed by atoms with van der Waals surface area (Å²) in [6.07, 6.45) is 11.5. The summed E-state index contributed by atoms with van der Waals surface area (Å²) in [7, 11) is 0. The molecule has 0 spiro atoms. The Balaban J connectivity index is 1.56. The summed E-state index contributed by atoms with van der Waals surface area (Å²) in [5.41, 5.74) is 2.09. The quantitative estimate of drug-likeness (QED) is 0.659. The standard InChI is InChI=1S/C18H27N5/c1-2-19-18(22-15-8-4-3-5-9-15)20-12-11-16-14-23-13-7-6-10-17(23)21-16/h6-7,10,13-15H,2-5,8-9,11-12H2,1H3,(H2,19,20,22). The van der Waals surface area contributed by atoms with Crippen LogP contribution in [-0.4, -0.2) is 34.5 Å². The molecule has 2 aromatic rings. The molecular formula is C18H27N5. The topological polar surface area (TPSA) is 53.7 Å². The van der Waals surface area contributed by atoms with Gasteiger partial charge in [-0.3, -0.25) is 4.99 Å². The fourth-order valence-electron chi connectivity index (χ4n) is 3.15. The van der Waals surface area contributed by atoms with Crippen molar-refractivity contribution in [2.45, 2.75) is 51.5 Å². The molecule has 0 aliphatic heterocycles. The van der Waals surface area contributed by atoms with Crippen molar-refractivity contribution in [3.8, 4) is 0 Å². The number of hydrogen-bond acceptors (Lipinski definition) is 2. The number of pyridine rings is 1. The number of imidazole rings is 1. The molecule has 0 radical (unpaired) electrons. The van der Waals surface area contributed by atoms with Crippen molar-refractivity contribution in [3.63, 3.8) is 0 Å². The van der Waals surface area contributed by atoms with Gasteiger partial charge in [-0.15, -0.1) is 0 Å². The van der Waals surface area contributed by atoms with Crippen LogP contribution in [0.25, 0.3) is 5.65 Å². The molecule has 0 amide bonds. The van der Waals surface area contributed by atoms with Crippen LogP contribution in [0.3, 0.4) is 0 Å². The zero-order valence-corrected chi connectivity index (χ0v) is 14.0. The molecule has 23 heavy (non-hydrogen) atoms. The lowest BCUT2D eigenvalue weighted by molar-refractivity contribution is 0.410. The van der Waals surface area contributed by atoms with Crippen molar-refractivity contribution in [1.82, 2.24) is 20.0 Å². The van der Waals surface area contributed by atoms with Crippen LogP contribution in [0.5, 0.6) is 0 Å². The van der Waals surface area contributed by atoms with Gasteiger partial charge in [0.2, 0.25) is 0 Å². The van der Waals surface area contributed by atoms with Crippen LogP contribution in [0.4, 0.5) is 0 Å². The lowest BCUT2D eigenvalue weighted by atomic mass is 9.96. The van der Waals surface area contributed by atoms with Gasteiger partial charge in [-0.05, 0) is 31.9 Å². The molecule has 124 valence electrons. The van der Waals surface area contributed by atoms with Gasteiger partial charge < -0.3 is 15.0 Å². The summed E-state index contributed by atoms with van der Waals surface area (Å²) in [4.78, 5) is 9.34. The third kappa shape index (κ3) is 4.47. The van der Waals surface area contributed by atoms with Crippen LogP contribution in [0.2, 0.25) is 0 Å². The van der Waals surface area contributed by atoms with E-state index in [1.165, 1.54) is 32.1 Å². The van der Waals surface area contributed by atoms with Crippen LogP contribution in [0, 0.1) is 0 Å². The molecule has 0 unspecified atom stereocenters. The Labute approximate surface area is 138 Å². The first kappa shape index (κ1) is 15.8. The highest BCUT2D eigenvalue weighted by Gasteiger charge is 2.14. The molecular weight excluding hydrogens is 286 g/mol. The van der Waals surface area contributed by atoms with Crippen LogP contribution in [-0.2, 0) is 6.42 Å². The van der Waals surface area contributed by atoms with Gasteiger partial charge >= 0.3 is 0 Å². The molecule has 1 aliphatic carbocycles. The molecule has 0 aromatic carbocycles. The predicted molar refractivity (Wildman–Crippen MR) is 94.9 cm³/mol. The third-order valence-corrected chi connectivity index (χ3v) is 4.34. The Hall–Kier alpha value is -2.04. The zero-order valence-electron chi connectivity index (χ0n) is 14.0. The summed E-state index contributed by atoms with van der Waals surface area (Å²) in [6, 6.07) is 6.65. The van der Waals surface area contributed by atoms with E-state index in [-0.39, 0.29) is 0 Å². The van der Waals surface area contributed by atoms with Crippen molar-refractivity contribution < 1.29 is 0 Å². The van der Waals surface area contributed by atoms with Gasteiger partial charge in [-0.1, -0.05) is 25.3 Å². The Bertz CT molecular complexity index is 607. The number of rotatable bonds is 5. The number of aliphatic imine (C=N–C) groups is 1. The van der Waals surface area contributed by atoms with Crippen molar-refractivity contribution in [2.75, 3.05) is 13.1 Å². The number of aromatic nitrogens is 2. The highest BCUT2D eigenvalue weighted by molar-refractivity contribution is 5.80. The maximum absolute atomic E-state index is 4.72. The first-order chi connectivity index (χ1) is 11.3. The number of fused-ring (bicyclic) bond motifs is 1. The summed E-state index contributed by atoms with van der Waals surface area (Å²) in [5, 5.41) is 6.94. The molecule has 2 N–H and O–H groups in total. The summed E-state index contributed by atoms with van der Waals surface area (Å²) < 4.78 is 2.06. The van der Waals surface area contributed by atoms with Gasteiger partial charge in [0, 0.05) is 37.9 Å². The van der Waals surface area contributed by atoms with Crippen molar-refractivity contribution in [3.05, 3.63) is 36.3 Å². The van der Waals surface area contributed by atoms with Crippen LogP contribution in [0.1, 0.15) is 44.7 Å². The van der Waals surface area contributed by atoms with E-state index < -0.39 is 0 Å². The zero-order chi connectivity index (χ0) is 15.9. The predicted octanol–water partition coefficient (Wildman–Crippen LogP) is 2.76. The second-order valence-corrected chi connectivity index (χ2v) is 6.19. The fraction of sp³-hybridized carbons (Fsp3) is 0.556. The van der Waals surface area contributed by atoms with E-state index in [0.717, 1.165) is 36.8 Å². The smallest absolute Gasteiger partial charge is 0.191 e. The summed E-state index contributed by atoms with van der Waals surface area (Å²) >= 11 is 0. The number of nitrogens with zero attached hydrogens (tertiary/aromatic N) is 3. The Morgan fingerprint density at radius 1 is 1.30 bits per heavy atom. The molecule has 1 fully saturated rings. The Kier molecular flexibility index (Phi) is 5.51.